The van der Waals surface area contributed by atoms with Gasteiger partial charge in [0, 0.05) is 89.0 Å². The third kappa shape index (κ3) is 8.50. The van der Waals surface area contributed by atoms with E-state index in [9.17, 15) is 19.5 Å². The van der Waals surface area contributed by atoms with Crippen molar-refractivity contribution in [2.24, 2.45) is 17.8 Å². The van der Waals surface area contributed by atoms with Gasteiger partial charge in [-0.3, -0.25) is 24.2 Å². The fourth-order valence-electron chi connectivity index (χ4n) is 18.6. The van der Waals surface area contributed by atoms with Gasteiger partial charge in [0.2, 0.25) is 0 Å². The molecule has 3 saturated heterocycles. The quantitative estimate of drug-likeness (QED) is 0.221. The highest BCUT2D eigenvalue weighted by atomic mass is 16.5. The minimum Gasteiger partial charge on any atom is -0.504 e. The number of rotatable bonds is 8. The van der Waals surface area contributed by atoms with E-state index in [0.29, 0.717) is 84.3 Å². The van der Waals surface area contributed by atoms with Crippen LogP contribution in [0.15, 0.2) is 71.9 Å². The molecule has 14 rings (SSSR count). The zero-order valence-corrected chi connectivity index (χ0v) is 48.0. The van der Waals surface area contributed by atoms with Crippen LogP contribution < -0.4 is 19.5 Å². The van der Waals surface area contributed by atoms with E-state index in [1.54, 1.807) is 42.7 Å². The van der Waals surface area contributed by atoms with Crippen LogP contribution in [0.1, 0.15) is 134 Å². The largest absolute Gasteiger partial charge is 0.504 e. The number of likely N-dealkylation sites (tertiary alicyclic amines) is 2. The van der Waals surface area contributed by atoms with Crippen LogP contribution in [0, 0.1) is 31.6 Å². The van der Waals surface area contributed by atoms with E-state index in [1.807, 2.05) is 6.07 Å². The Balaban J connectivity index is 0.000000119. The Bertz CT molecular complexity index is 2880. The first-order chi connectivity index (χ1) is 38.3. The topological polar surface area (TPSA) is 145 Å². The van der Waals surface area contributed by atoms with E-state index in [1.165, 1.54) is 90.3 Å². The number of hydrogen-bond donors (Lipinski definition) is 2. The molecule has 2 saturated carbocycles. The van der Waals surface area contributed by atoms with Gasteiger partial charge in [-0.1, -0.05) is 43.9 Å². The lowest BCUT2D eigenvalue weighted by atomic mass is 9.52. The molecule has 3 unspecified atom stereocenters. The molecule has 0 aromatic heterocycles. The summed E-state index contributed by atoms with van der Waals surface area (Å²) >= 11 is 0. The number of fused-ring (bicyclic) bond motifs is 3. The number of carbonyl (C=O) groups is 3. The van der Waals surface area contributed by atoms with Crippen LogP contribution in [0.25, 0.3) is 0 Å². The standard InChI is InChI=1S/C24H31NO3.C23H29NO4.C19H23NO3/c1-15-21(27-2)9-8-16-12-19-18-13-22(28-3)20(26)14-24(18,23(15)16)10-11-25(19)17-6-4-5-7-17;1-27-19-8-7-14-11-17-16-12-20(28-2)18(25)13-23(16,21(14)22(19)26)9-10-24(17)15-5-3-4-6-15;1-11-16(22-2)5-4-12-8-14-13-9-17(23-3)15(21)10-19(13,18(11)12)6-7-20-14/h8-9,13,17-19H,4-7,10-12,14H2,1-3H3;7-8,12,15-17,26H,3-6,9-11,13H2,1-2H3;4-5,9,13-14,20H,6-8,10H2,1-3H3/t18?,19-,24+;16?,17-,23+;13?,14-,19+/m000/s1. The molecule has 0 radical (unpaired) electrons. The molecule has 3 aliphatic heterocycles. The van der Waals surface area contributed by atoms with Crippen molar-refractivity contribution in [1.29, 1.82) is 0 Å². The van der Waals surface area contributed by atoms with Crippen LogP contribution in [0.3, 0.4) is 0 Å². The second-order valence-corrected chi connectivity index (χ2v) is 25.0. The highest BCUT2D eigenvalue weighted by Crippen LogP contribution is 2.60. The molecule has 13 nitrogen and oxygen atoms in total. The summed E-state index contributed by atoms with van der Waals surface area (Å²) in [5, 5.41) is 14.7. The fourth-order valence-corrected chi connectivity index (χ4v) is 18.6. The first-order valence-corrected chi connectivity index (χ1v) is 29.6. The number of allylic oxidation sites excluding steroid dienone is 3. The summed E-state index contributed by atoms with van der Waals surface area (Å²) in [7, 11) is 9.86. The number of nitrogens with one attached hydrogen (secondary N) is 1. The molecular formula is C66H83N3O10. The van der Waals surface area contributed by atoms with Crippen LogP contribution in [-0.4, -0.2) is 125 Å². The van der Waals surface area contributed by atoms with Crippen molar-refractivity contribution in [1.82, 2.24) is 15.1 Å². The first-order valence-electron chi connectivity index (χ1n) is 29.6. The van der Waals surface area contributed by atoms with E-state index in [0.717, 1.165) is 75.2 Å². The van der Waals surface area contributed by atoms with Gasteiger partial charge in [0.15, 0.2) is 46.1 Å². The maximum atomic E-state index is 13.0. The molecule has 13 heteroatoms. The summed E-state index contributed by atoms with van der Waals surface area (Å²) in [5.41, 5.74) is 9.47. The van der Waals surface area contributed by atoms with Gasteiger partial charge in [-0.05, 0) is 173 Å². The SMILES string of the molecule is COC1=CC2[C@@H]3Cc4ccc(OC)c(C)c4[C@]2(CCN3)CC1=O.COC1=CC2[C@@H]3Cc4ccc(OC)c(C)c4[C@]2(CCN3C2CCCC2)CC1=O.COC1=CC2[C@@H]3Cc4ccc(OC)c(O)c4[C@]2(CCN3C2CCCC2)CC1=O. The van der Waals surface area contributed by atoms with Gasteiger partial charge in [-0.2, -0.15) is 0 Å². The molecule has 422 valence electrons. The van der Waals surface area contributed by atoms with Crippen LogP contribution >= 0.6 is 0 Å². The number of methoxy groups -OCH3 is 6. The predicted molar refractivity (Wildman–Crippen MR) is 302 cm³/mol. The van der Waals surface area contributed by atoms with Crippen molar-refractivity contribution in [3.63, 3.8) is 0 Å². The molecule has 8 aliphatic carbocycles. The van der Waals surface area contributed by atoms with Gasteiger partial charge < -0.3 is 38.8 Å². The Kier molecular flexibility index (Phi) is 14.4. The zero-order chi connectivity index (χ0) is 55.1. The van der Waals surface area contributed by atoms with Gasteiger partial charge in [0.1, 0.15) is 11.5 Å². The lowest BCUT2D eigenvalue weighted by molar-refractivity contribution is -0.124. The van der Waals surface area contributed by atoms with Crippen LogP contribution in [0.4, 0.5) is 0 Å². The number of nitrogens with zero attached hydrogens (tertiary/aromatic N) is 2. The smallest absolute Gasteiger partial charge is 0.197 e. The van der Waals surface area contributed by atoms with Crippen molar-refractivity contribution < 1.29 is 47.9 Å². The Morgan fingerprint density at radius 2 is 0.886 bits per heavy atom. The van der Waals surface area contributed by atoms with Gasteiger partial charge in [-0.25, -0.2) is 0 Å². The van der Waals surface area contributed by atoms with Crippen molar-refractivity contribution >= 4 is 17.3 Å². The zero-order valence-electron chi connectivity index (χ0n) is 48.0. The van der Waals surface area contributed by atoms with Crippen LogP contribution in [-0.2, 0) is 64.1 Å². The minimum atomic E-state index is -0.356. The summed E-state index contributed by atoms with van der Waals surface area (Å²) in [5.74, 6) is 5.33. The molecule has 3 aromatic rings. The molecule has 0 amide bonds. The molecule has 11 aliphatic rings. The molecule has 2 N–H and O–H groups in total. The molecular weight excluding hydrogens is 995 g/mol. The molecule has 79 heavy (non-hydrogen) atoms. The average Bonchev–Trinajstić information content (AvgIpc) is 3.32. The molecule has 3 heterocycles. The monoisotopic (exact) mass is 1080 g/mol. The van der Waals surface area contributed by atoms with Crippen molar-refractivity contribution in [3.05, 3.63) is 116 Å². The highest BCUT2D eigenvalue weighted by Gasteiger charge is 2.60. The summed E-state index contributed by atoms with van der Waals surface area (Å²) in [6.45, 7) is 7.36. The number of phenolic OH excluding ortho intramolecular Hbond substituents is 1. The number of piperidine rings is 3. The summed E-state index contributed by atoms with van der Waals surface area (Å²) < 4.78 is 32.9. The molecule has 5 fully saturated rings. The van der Waals surface area contributed by atoms with Crippen LogP contribution in [0.2, 0.25) is 0 Å². The number of Topliss-reactive ketones (excluding diaryl/α,β-unsaturated/α-hetero) is 3. The van der Waals surface area contributed by atoms with Crippen LogP contribution in [0.5, 0.6) is 23.0 Å². The first kappa shape index (κ1) is 54.0. The number of ether oxygens (including phenoxy) is 6. The third-order valence-electron chi connectivity index (χ3n) is 21.8. The maximum Gasteiger partial charge on any atom is 0.197 e. The molecule has 6 bridgehead atoms. The van der Waals surface area contributed by atoms with Crippen molar-refractivity contribution in [2.75, 3.05) is 62.3 Å². The predicted octanol–water partition coefficient (Wildman–Crippen LogP) is 9.54. The minimum absolute atomic E-state index is 0.0434. The Labute approximate surface area is 467 Å². The Morgan fingerprint density at radius 3 is 1.33 bits per heavy atom. The number of ketones is 3. The second kappa shape index (κ2) is 21.0. The van der Waals surface area contributed by atoms with Gasteiger partial charge >= 0.3 is 0 Å². The number of hydrogen-bond acceptors (Lipinski definition) is 13. The molecule has 9 atom stereocenters. The van der Waals surface area contributed by atoms with Gasteiger partial charge in [0.25, 0.3) is 0 Å². The summed E-state index contributed by atoms with van der Waals surface area (Å²) in [6, 6.07) is 15.1. The number of aromatic hydroxyl groups is 1. The third-order valence-corrected chi connectivity index (χ3v) is 21.8. The Hall–Kier alpha value is -5.63. The lowest BCUT2D eigenvalue weighted by Gasteiger charge is -2.59. The fraction of sp³-hybridized carbons (Fsp3) is 0.591. The van der Waals surface area contributed by atoms with E-state index in [-0.39, 0.29) is 45.3 Å². The van der Waals surface area contributed by atoms with E-state index < -0.39 is 0 Å². The number of benzene rings is 3. The van der Waals surface area contributed by atoms with Crippen molar-refractivity contribution in [2.45, 2.75) is 169 Å². The maximum absolute atomic E-state index is 13.0. The number of phenols is 1. The van der Waals surface area contributed by atoms with Gasteiger partial charge in [-0.15, -0.1) is 0 Å². The lowest BCUT2D eigenvalue weighted by Crippen LogP contribution is -2.63. The van der Waals surface area contributed by atoms with E-state index >= 15 is 0 Å². The average molecular weight is 1080 g/mol. The summed E-state index contributed by atoms with van der Waals surface area (Å²) in [4.78, 5) is 43.9. The number of carbonyl (C=O) groups excluding carboxylic acids is 3. The van der Waals surface area contributed by atoms with Gasteiger partial charge in [0.05, 0.1) is 42.7 Å². The Morgan fingerprint density at radius 1 is 0.494 bits per heavy atom. The normalized spacial score (nSPS) is 32.3. The summed E-state index contributed by atoms with van der Waals surface area (Å²) in [6.07, 6.45) is 24.2. The molecule has 0 spiro atoms. The molecule has 3 aromatic carbocycles. The highest BCUT2D eigenvalue weighted by molar-refractivity contribution is 5.97. The van der Waals surface area contributed by atoms with E-state index in [2.05, 4.69) is 77.5 Å². The van der Waals surface area contributed by atoms with Crippen molar-refractivity contribution in [3.8, 4) is 23.0 Å². The van der Waals surface area contributed by atoms with E-state index in [4.69, 9.17) is 28.4 Å². The second-order valence-electron chi connectivity index (χ2n) is 25.0.